The number of hydrogen-bond acceptors (Lipinski definition) is 5. The Kier molecular flexibility index (Phi) is 5.33. The number of piperazine rings is 1. The number of furan rings is 1. The molecule has 0 aliphatic carbocycles. The van der Waals surface area contributed by atoms with Gasteiger partial charge in [0, 0.05) is 31.7 Å². The largest absolute Gasteiger partial charge is 0.494 e. The number of hydrogen-bond donors (Lipinski definition) is 0. The molecule has 1 aromatic carbocycles. The molecule has 1 fully saturated rings. The van der Waals surface area contributed by atoms with Gasteiger partial charge in [0.05, 0.1) is 17.8 Å². The fraction of sp³-hybridized carbons (Fsp3) is 0.389. The van der Waals surface area contributed by atoms with Crippen LogP contribution < -0.4 is 4.74 Å². The monoisotopic (exact) mass is 378 g/mol. The molecule has 0 atom stereocenters. The third-order valence-electron chi connectivity index (χ3n) is 4.35. The van der Waals surface area contributed by atoms with Crippen LogP contribution in [0.3, 0.4) is 0 Å². The van der Waals surface area contributed by atoms with E-state index in [1.807, 2.05) is 13.8 Å². The summed E-state index contributed by atoms with van der Waals surface area (Å²) in [7, 11) is -3.59. The summed E-state index contributed by atoms with van der Waals surface area (Å²) in [6.07, 6.45) is 1.48. The molecule has 0 radical (unpaired) electrons. The summed E-state index contributed by atoms with van der Waals surface area (Å²) < 4.78 is 37.5. The maximum Gasteiger partial charge on any atom is 0.289 e. The molecule has 1 amide bonds. The first-order valence-electron chi connectivity index (χ1n) is 8.50. The molecule has 1 saturated heterocycles. The van der Waals surface area contributed by atoms with Crippen molar-refractivity contribution < 1.29 is 22.4 Å². The quantitative estimate of drug-likeness (QED) is 0.796. The molecule has 1 aromatic heterocycles. The highest BCUT2D eigenvalue weighted by Gasteiger charge is 2.31. The van der Waals surface area contributed by atoms with E-state index in [-0.39, 0.29) is 23.9 Å². The van der Waals surface area contributed by atoms with E-state index >= 15 is 0 Å². The van der Waals surface area contributed by atoms with Gasteiger partial charge in [0.15, 0.2) is 5.76 Å². The topological polar surface area (TPSA) is 80.1 Å². The Morgan fingerprint density at radius 1 is 1.12 bits per heavy atom. The van der Waals surface area contributed by atoms with Crippen LogP contribution in [0, 0.1) is 6.92 Å². The van der Waals surface area contributed by atoms with Crippen molar-refractivity contribution in [3.8, 4) is 5.75 Å². The summed E-state index contributed by atoms with van der Waals surface area (Å²) in [4.78, 5) is 14.3. The van der Waals surface area contributed by atoms with Gasteiger partial charge in [-0.1, -0.05) is 0 Å². The molecule has 140 valence electrons. The number of carbonyl (C=O) groups excluding carboxylic acids is 1. The SMILES string of the molecule is CCOc1ccc(S(=O)(=O)N2CCN(C(=O)c3occc3C)CC2)cc1. The van der Waals surface area contributed by atoms with E-state index < -0.39 is 10.0 Å². The second-order valence-electron chi connectivity index (χ2n) is 6.03. The fourth-order valence-electron chi connectivity index (χ4n) is 2.89. The number of carbonyl (C=O) groups is 1. The first-order valence-corrected chi connectivity index (χ1v) is 9.94. The summed E-state index contributed by atoms with van der Waals surface area (Å²) in [6.45, 7) is 5.36. The molecule has 26 heavy (non-hydrogen) atoms. The van der Waals surface area contributed by atoms with E-state index in [0.717, 1.165) is 5.56 Å². The number of sulfonamides is 1. The van der Waals surface area contributed by atoms with E-state index in [1.54, 1.807) is 35.2 Å². The van der Waals surface area contributed by atoms with Gasteiger partial charge in [-0.2, -0.15) is 4.31 Å². The van der Waals surface area contributed by atoms with E-state index in [9.17, 15) is 13.2 Å². The number of rotatable bonds is 5. The van der Waals surface area contributed by atoms with Crippen LogP contribution in [0.5, 0.6) is 5.75 Å². The molecule has 2 aromatic rings. The summed E-state index contributed by atoms with van der Waals surface area (Å²) in [5, 5.41) is 0. The van der Waals surface area contributed by atoms with Crippen LogP contribution in [0.2, 0.25) is 0 Å². The Labute approximate surface area is 153 Å². The zero-order chi connectivity index (χ0) is 18.7. The van der Waals surface area contributed by atoms with Gasteiger partial charge < -0.3 is 14.1 Å². The van der Waals surface area contributed by atoms with E-state index in [4.69, 9.17) is 9.15 Å². The molecule has 0 bridgehead atoms. The van der Waals surface area contributed by atoms with Crippen LogP contribution in [-0.2, 0) is 10.0 Å². The fourth-order valence-corrected chi connectivity index (χ4v) is 4.31. The van der Waals surface area contributed by atoms with Crippen molar-refractivity contribution in [1.29, 1.82) is 0 Å². The van der Waals surface area contributed by atoms with Gasteiger partial charge in [0.25, 0.3) is 5.91 Å². The summed E-state index contributed by atoms with van der Waals surface area (Å²) in [6, 6.07) is 8.12. The Hall–Kier alpha value is -2.32. The Morgan fingerprint density at radius 3 is 2.31 bits per heavy atom. The van der Waals surface area contributed by atoms with Crippen molar-refractivity contribution in [2.75, 3.05) is 32.8 Å². The summed E-state index contributed by atoms with van der Waals surface area (Å²) in [5.74, 6) is 0.745. The van der Waals surface area contributed by atoms with E-state index in [2.05, 4.69) is 0 Å². The van der Waals surface area contributed by atoms with Crippen LogP contribution in [0.15, 0.2) is 45.9 Å². The molecule has 1 aliphatic heterocycles. The molecule has 7 nitrogen and oxygen atoms in total. The van der Waals surface area contributed by atoms with Crippen molar-refractivity contribution in [3.05, 3.63) is 47.9 Å². The average molecular weight is 378 g/mol. The van der Waals surface area contributed by atoms with Crippen molar-refractivity contribution >= 4 is 15.9 Å². The van der Waals surface area contributed by atoms with Crippen molar-refractivity contribution in [3.63, 3.8) is 0 Å². The van der Waals surface area contributed by atoms with Crippen LogP contribution >= 0.6 is 0 Å². The first kappa shape index (κ1) is 18.5. The van der Waals surface area contributed by atoms with E-state index in [1.165, 1.54) is 10.6 Å². The van der Waals surface area contributed by atoms with Gasteiger partial charge in [-0.25, -0.2) is 8.42 Å². The lowest BCUT2D eigenvalue weighted by Gasteiger charge is -2.33. The third kappa shape index (κ3) is 3.61. The minimum absolute atomic E-state index is 0.203. The minimum atomic E-state index is -3.59. The number of nitrogens with zero attached hydrogens (tertiary/aromatic N) is 2. The molecule has 3 rings (SSSR count). The molecular formula is C18H22N2O5S. The van der Waals surface area contributed by atoms with Crippen LogP contribution in [0.25, 0.3) is 0 Å². The minimum Gasteiger partial charge on any atom is -0.494 e. The molecule has 0 saturated carbocycles. The van der Waals surface area contributed by atoms with Gasteiger partial charge in [-0.15, -0.1) is 0 Å². The lowest BCUT2D eigenvalue weighted by molar-refractivity contribution is 0.0665. The zero-order valence-corrected chi connectivity index (χ0v) is 15.7. The second kappa shape index (κ2) is 7.51. The Bertz CT molecular complexity index is 865. The standard InChI is InChI=1S/C18H22N2O5S/c1-3-24-15-4-6-16(7-5-15)26(22,23)20-11-9-19(10-12-20)18(21)17-14(2)8-13-25-17/h4-8,13H,3,9-12H2,1-2H3. The predicted molar refractivity (Wildman–Crippen MR) is 95.7 cm³/mol. The van der Waals surface area contributed by atoms with Crippen molar-refractivity contribution in [2.24, 2.45) is 0 Å². The maximum absolute atomic E-state index is 12.8. The molecule has 0 N–H and O–H groups in total. The smallest absolute Gasteiger partial charge is 0.289 e. The number of ether oxygens (including phenoxy) is 1. The summed E-state index contributed by atoms with van der Waals surface area (Å²) in [5.41, 5.74) is 0.777. The maximum atomic E-state index is 12.8. The normalized spacial score (nSPS) is 15.8. The molecule has 1 aliphatic rings. The molecule has 8 heteroatoms. The zero-order valence-electron chi connectivity index (χ0n) is 14.8. The predicted octanol–water partition coefficient (Wildman–Crippen LogP) is 2.13. The van der Waals surface area contributed by atoms with Crippen LogP contribution in [-0.4, -0.2) is 56.3 Å². The number of benzene rings is 1. The third-order valence-corrected chi connectivity index (χ3v) is 6.27. The molecule has 2 heterocycles. The number of aryl methyl sites for hydroxylation is 1. The molecule has 0 spiro atoms. The van der Waals surface area contributed by atoms with Crippen molar-refractivity contribution in [1.82, 2.24) is 9.21 Å². The molecular weight excluding hydrogens is 356 g/mol. The van der Waals surface area contributed by atoms with Crippen LogP contribution in [0.4, 0.5) is 0 Å². The second-order valence-corrected chi connectivity index (χ2v) is 7.97. The van der Waals surface area contributed by atoms with Gasteiger partial charge >= 0.3 is 0 Å². The molecule has 0 unspecified atom stereocenters. The lowest BCUT2D eigenvalue weighted by Crippen LogP contribution is -2.50. The van der Waals surface area contributed by atoms with Crippen molar-refractivity contribution in [2.45, 2.75) is 18.7 Å². The summed E-state index contributed by atoms with van der Waals surface area (Å²) >= 11 is 0. The van der Waals surface area contributed by atoms with Crippen LogP contribution in [0.1, 0.15) is 23.0 Å². The number of amides is 1. The lowest BCUT2D eigenvalue weighted by atomic mass is 10.2. The van der Waals surface area contributed by atoms with Gasteiger partial charge in [0.2, 0.25) is 10.0 Å². The van der Waals surface area contributed by atoms with Gasteiger partial charge in [0.1, 0.15) is 5.75 Å². The van der Waals surface area contributed by atoms with Gasteiger partial charge in [-0.3, -0.25) is 4.79 Å². The first-order chi connectivity index (χ1) is 12.4. The Morgan fingerprint density at radius 2 is 1.77 bits per heavy atom. The highest BCUT2D eigenvalue weighted by molar-refractivity contribution is 7.89. The Balaban J connectivity index is 1.67. The van der Waals surface area contributed by atoms with Gasteiger partial charge in [-0.05, 0) is 44.2 Å². The highest BCUT2D eigenvalue weighted by atomic mass is 32.2. The highest BCUT2D eigenvalue weighted by Crippen LogP contribution is 2.22. The van der Waals surface area contributed by atoms with E-state index in [0.29, 0.717) is 31.2 Å². The average Bonchev–Trinajstić information content (AvgIpc) is 3.08.